The number of carbonyl (C=O) groups is 2. The summed E-state index contributed by atoms with van der Waals surface area (Å²) < 4.78 is 0. The van der Waals surface area contributed by atoms with Crippen LogP contribution < -0.4 is 67.1 Å². The maximum Gasteiger partial charge on any atom is 1.00 e. The van der Waals surface area contributed by atoms with E-state index in [2.05, 4.69) is 10.6 Å². The predicted molar refractivity (Wildman–Crippen MR) is 61.0 cm³/mol. The van der Waals surface area contributed by atoms with Crippen molar-refractivity contribution in [2.45, 2.75) is 6.42 Å². The molecule has 0 radical (unpaired) electrons. The van der Waals surface area contributed by atoms with Crippen LogP contribution in [0.4, 0.5) is 0 Å². The number of hydrogen-bond donors (Lipinski definition) is 2. The van der Waals surface area contributed by atoms with Crippen molar-refractivity contribution in [1.82, 2.24) is 10.6 Å². The van der Waals surface area contributed by atoms with E-state index in [1.54, 1.807) is 0 Å². The van der Waals surface area contributed by atoms with Crippen LogP contribution in [-0.2, 0) is 16.0 Å². The zero-order valence-electron chi connectivity index (χ0n) is 10.4. The van der Waals surface area contributed by atoms with Crippen LogP contribution in [0.5, 0.6) is 0 Å². The van der Waals surface area contributed by atoms with Crippen LogP contribution >= 0.6 is 0 Å². The van der Waals surface area contributed by atoms with Crippen LogP contribution in [0.1, 0.15) is 5.56 Å². The first-order valence-electron chi connectivity index (χ1n) is 5.39. The van der Waals surface area contributed by atoms with Crippen molar-refractivity contribution in [2.75, 3.05) is 19.6 Å². The van der Waals surface area contributed by atoms with Crippen molar-refractivity contribution in [2.24, 2.45) is 0 Å². The van der Waals surface area contributed by atoms with Crippen LogP contribution in [0.15, 0.2) is 30.3 Å². The second-order valence-corrected chi connectivity index (χ2v) is 3.56. The third-order valence-electron chi connectivity index (χ3n) is 2.13. The van der Waals surface area contributed by atoms with Gasteiger partial charge >= 0.3 is 51.4 Å². The van der Waals surface area contributed by atoms with Gasteiger partial charge in [0.05, 0.1) is 12.5 Å². The topological polar surface area (TPSA) is 81.3 Å². The fourth-order valence-electron chi connectivity index (χ4n) is 1.33. The van der Waals surface area contributed by atoms with Gasteiger partial charge in [0, 0.05) is 13.1 Å². The Hall–Kier alpha value is -0.244. The smallest absolute Gasteiger partial charge is 0.549 e. The molecule has 0 atom stereocenters. The van der Waals surface area contributed by atoms with Gasteiger partial charge in [0.1, 0.15) is 0 Å². The molecule has 2 N–H and O–H groups in total. The summed E-state index contributed by atoms with van der Waals surface area (Å²) in [5.74, 6) is -1.44. The molecular weight excluding hydrogens is 259 g/mol. The van der Waals surface area contributed by atoms with Crippen LogP contribution in [0, 0.1) is 0 Å². The number of hydrogen-bond acceptors (Lipinski definition) is 4. The van der Waals surface area contributed by atoms with E-state index in [-0.39, 0.29) is 70.4 Å². The maximum absolute atomic E-state index is 11.2. The van der Waals surface area contributed by atoms with Gasteiger partial charge in [-0.25, -0.2) is 0 Å². The molecule has 5 nitrogen and oxygen atoms in total. The Labute approximate surface area is 149 Å². The Morgan fingerprint density at radius 2 is 1.78 bits per heavy atom. The average Bonchev–Trinajstić information content (AvgIpc) is 2.30. The molecule has 1 aromatic rings. The zero-order valence-corrected chi connectivity index (χ0v) is 13.6. The van der Waals surface area contributed by atoms with Crippen molar-refractivity contribution in [1.29, 1.82) is 0 Å². The molecule has 0 fully saturated rings. The Morgan fingerprint density at radius 1 is 1.11 bits per heavy atom. The minimum atomic E-state index is -1.22. The summed E-state index contributed by atoms with van der Waals surface area (Å²) in [6, 6.07) is 9.80. The molecule has 0 saturated carbocycles. The van der Waals surface area contributed by atoms with E-state index in [0.29, 0.717) is 6.54 Å². The predicted octanol–water partition coefficient (Wildman–Crippen LogP) is -4.31. The fraction of sp³-hybridized carbons (Fsp3) is 0.333. The van der Waals surface area contributed by atoms with Crippen molar-refractivity contribution in [3.63, 3.8) is 0 Å². The van der Waals surface area contributed by atoms with E-state index >= 15 is 0 Å². The van der Waals surface area contributed by atoms with Gasteiger partial charge in [0.2, 0.25) is 5.91 Å². The van der Waals surface area contributed by atoms with Gasteiger partial charge in [0.25, 0.3) is 0 Å². The van der Waals surface area contributed by atoms with Gasteiger partial charge in [-0.15, -0.1) is 0 Å². The molecule has 0 bridgehead atoms. The molecule has 18 heavy (non-hydrogen) atoms. The zero-order chi connectivity index (χ0) is 12.5. The van der Waals surface area contributed by atoms with Crippen molar-refractivity contribution < 1.29 is 66.1 Å². The van der Waals surface area contributed by atoms with E-state index < -0.39 is 5.97 Å². The Balaban J connectivity index is 0.00000289. The molecule has 1 rings (SSSR count). The molecule has 1 amide bonds. The number of nitrogens with one attached hydrogen (secondary N) is 2. The average molecular weight is 274 g/mol. The molecule has 0 spiro atoms. The van der Waals surface area contributed by atoms with Crippen molar-refractivity contribution in [3.8, 4) is 0 Å². The quantitative estimate of drug-likeness (QED) is 0.493. The van der Waals surface area contributed by atoms with Crippen LogP contribution in [0.3, 0.4) is 0 Å². The summed E-state index contributed by atoms with van der Waals surface area (Å²) in [6.07, 6.45) is 0.757. The monoisotopic (exact) mass is 274 g/mol. The van der Waals surface area contributed by atoms with Crippen LogP contribution in [-0.4, -0.2) is 31.5 Å². The molecule has 0 heterocycles. The van der Waals surface area contributed by atoms with Gasteiger partial charge in [-0.2, -0.15) is 0 Å². The van der Waals surface area contributed by atoms with E-state index in [9.17, 15) is 14.7 Å². The number of amides is 1. The van der Waals surface area contributed by atoms with Crippen LogP contribution in [0.25, 0.3) is 0 Å². The van der Waals surface area contributed by atoms with Crippen molar-refractivity contribution in [3.05, 3.63) is 35.9 Å². The largest absolute Gasteiger partial charge is 1.00 e. The Morgan fingerprint density at radius 3 is 2.39 bits per heavy atom. The maximum atomic E-state index is 11.2. The van der Waals surface area contributed by atoms with E-state index in [4.69, 9.17) is 0 Å². The minimum absolute atomic E-state index is 0. The fourth-order valence-corrected chi connectivity index (χ4v) is 1.33. The van der Waals surface area contributed by atoms with Crippen molar-refractivity contribution >= 4 is 11.9 Å². The number of carbonyl (C=O) groups excluding carboxylic acids is 2. The summed E-state index contributed by atoms with van der Waals surface area (Å²) in [7, 11) is 0. The van der Waals surface area contributed by atoms with Gasteiger partial charge in [-0.1, -0.05) is 30.3 Å². The van der Waals surface area contributed by atoms with E-state index in [0.717, 1.165) is 12.0 Å². The third kappa shape index (κ3) is 8.79. The summed E-state index contributed by atoms with van der Waals surface area (Å²) in [5, 5.41) is 15.2. The SMILES string of the molecule is O=C([O-])CNCC(=O)NCCc1ccccc1.[K+]. The minimum Gasteiger partial charge on any atom is -0.549 e. The first-order valence-corrected chi connectivity index (χ1v) is 5.39. The number of carboxylic acids is 1. The van der Waals surface area contributed by atoms with Gasteiger partial charge in [-0.05, 0) is 12.0 Å². The van der Waals surface area contributed by atoms with E-state index in [1.165, 1.54) is 0 Å². The molecule has 0 aromatic heterocycles. The molecular formula is C12H15KN2O3. The van der Waals surface area contributed by atoms with Gasteiger partial charge in [-0.3, -0.25) is 4.79 Å². The molecule has 92 valence electrons. The molecule has 6 heteroatoms. The Bertz CT molecular complexity index is 371. The second-order valence-electron chi connectivity index (χ2n) is 3.56. The van der Waals surface area contributed by atoms with Crippen LogP contribution in [0.2, 0.25) is 0 Å². The standard InChI is InChI=1S/C12H16N2O3.K/c15-11(8-13-9-12(16)17)14-7-6-10-4-2-1-3-5-10;/h1-5,13H,6-9H2,(H,14,15)(H,16,17);/q;+1/p-1. The normalized spacial score (nSPS) is 9.33. The molecule has 0 saturated heterocycles. The number of aliphatic carboxylic acids is 1. The molecule has 1 aromatic carbocycles. The molecule has 0 aliphatic rings. The summed E-state index contributed by atoms with van der Waals surface area (Å²) in [4.78, 5) is 21.3. The third-order valence-corrected chi connectivity index (χ3v) is 2.13. The first-order chi connectivity index (χ1) is 8.18. The number of rotatable bonds is 7. The molecule has 0 unspecified atom stereocenters. The summed E-state index contributed by atoms with van der Waals surface area (Å²) in [5.41, 5.74) is 1.15. The Kier molecular flexibility index (Phi) is 10.5. The summed E-state index contributed by atoms with van der Waals surface area (Å²) >= 11 is 0. The number of carboxylic acid groups (broad SMARTS) is 1. The second kappa shape index (κ2) is 10.7. The van der Waals surface area contributed by atoms with Gasteiger partial charge < -0.3 is 20.5 Å². The van der Waals surface area contributed by atoms with Gasteiger partial charge in [0.15, 0.2) is 0 Å². The molecule has 0 aliphatic carbocycles. The first kappa shape index (κ1) is 17.8. The molecule has 0 aliphatic heterocycles. The summed E-state index contributed by atoms with van der Waals surface area (Å²) in [6.45, 7) is 0.213. The number of benzene rings is 1. The van der Waals surface area contributed by atoms with E-state index in [1.807, 2.05) is 30.3 Å².